The van der Waals surface area contributed by atoms with Gasteiger partial charge in [0.1, 0.15) is 5.82 Å². The van der Waals surface area contributed by atoms with Crippen LogP contribution in [0.2, 0.25) is 0 Å². The van der Waals surface area contributed by atoms with Crippen LogP contribution in [0.25, 0.3) is 0 Å². The molecule has 0 spiro atoms. The highest BCUT2D eigenvalue weighted by molar-refractivity contribution is 5.71. The van der Waals surface area contributed by atoms with Crippen LogP contribution in [0.5, 0.6) is 0 Å². The van der Waals surface area contributed by atoms with Crippen molar-refractivity contribution in [3.05, 3.63) is 18.2 Å². The third kappa shape index (κ3) is 2.87. The summed E-state index contributed by atoms with van der Waals surface area (Å²) in [5, 5.41) is 9.35. The Bertz CT molecular complexity index is 481. The number of rotatable bonds is 6. The number of hydrogen-bond donors (Lipinski definition) is 1. The monoisotopic (exact) mass is 277 g/mol. The average Bonchev–Trinajstić information content (AvgIpc) is 3.04. The van der Waals surface area contributed by atoms with Gasteiger partial charge in [0.2, 0.25) is 0 Å². The Labute approximate surface area is 119 Å². The van der Waals surface area contributed by atoms with Gasteiger partial charge in [-0.1, -0.05) is 0 Å². The normalized spacial score (nSPS) is 27.1. The van der Waals surface area contributed by atoms with E-state index in [0.29, 0.717) is 11.8 Å². The van der Waals surface area contributed by atoms with E-state index in [1.165, 1.54) is 12.8 Å². The van der Waals surface area contributed by atoms with Gasteiger partial charge < -0.3 is 14.6 Å². The van der Waals surface area contributed by atoms with Crippen molar-refractivity contribution in [1.82, 2.24) is 14.5 Å². The molecule has 0 bridgehead atoms. The molecule has 2 aliphatic rings. The zero-order valence-electron chi connectivity index (χ0n) is 12.0. The first-order valence-electron chi connectivity index (χ1n) is 7.58. The third-order valence-electron chi connectivity index (χ3n) is 4.78. The maximum absolute atomic E-state index is 11.4. The second kappa shape index (κ2) is 5.56. The molecule has 1 saturated heterocycles. The van der Waals surface area contributed by atoms with Gasteiger partial charge in [-0.15, -0.1) is 0 Å². The number of likely N-dealkylation sites (tertiary alicyclic amines) is 1. The van der Waals surface area contributed by atoms with Gasteiger partial charge in [-0.3, -0.25) is 4.79 Å². The van der Waals surface area contributed by atoms with Crippen molar-refractivity contribution in [2.45, 2.75) is 32.7 Å². The summed E-state index contributed by atoms with van der Waals surface area (Å²) < 4.78 is 2.16. The molecule has 5 heteroatoms. The summed E-state index contributed by atoms with van der Waals surface area (Å²) in [6.45, 7) is 5.68. The third-order valence-corrected chi connectivity index (χ3v) is 4.78. The van der Waals surface area contributed by atoms with E-state index in [2.05, 4.69) is 14.5 Å². The first kappa shape index (κ1) is 13.6. The number of imidazole rings is 1. The molecule has 0 aromatic carbocycles. The summed E-state index contributed by atoms with van der Waals surface area (Å²) >= 11 is 0. The fourth-order valence-electron chi connectivity index (χ4n) is 3.46. The van der Waals surface area contributed by atoms with Gasteiger partial charge in [-0.05, 0) is 44.6 Å². The second-order valence-corrected chi connectivity index (χ2v) is 6.23. The molecule has 3 rings (SSSR count). The van der Waals surface area contributed by atoms with Gasteiger partial charge in [0.25, 0.3) is 0 Å². The number of carboxylic acids is 1. The Morgan fingerprint density at radius 1 is 1.40 bits per heavy atom. The van der Waals surface area contributed by atoms with Crippen molar-refractivity contribution < 1.29 is 9.90 Å². The summed E-state index contributed by atoms with van der Waals surface area (Å²) in [7, 11) is 0. The number of aryl methyl sites for hydroxylation is 2. The van der Waals surface area contributed by atoms with E-state index in [-0.39, 0.29) is 5.92 Å². The van der Waals surface area contributed by atoms with Crippen LogP contribution >= 0.6 is 0 Å². The Hall–Kier alpha value is -1.36. The Balaban J connectivity index is 1.49. The second-order valence-electron chi connectivity index (χ2n) is 6.23. The fourth-order valence-corrected chi connectivity index (χ4v) is 3.46. The first-order chi connectivity index (χ1) is 9.65. The van der Waals surface area contributed by atoms with Crippen LogP contribution < -0.4 is 0 Å². The minimum absolute atomic E-state index is 0.141. The van der Waals surface area contributed by atoms with Crippen molar-refractivity contribution in [2.75, 3.05) is 19.6 Å². The van der Waals surface area contributed by atoms with Gasteiger partial charge in [-0.25, -0.2) is 4.98 Å². The van der Waals surface area contributed by atoms with Crippen LogP contribution in [-0.2, 0) is 11.3 Å². The quantitative estimate of drug-likeness (QED) is 0.858. The molecule has 1 aliphatic carbocycles. The lowest BCUT2D eigenvalue weighted by atomic mass is 9.92. The molecule has 2 fully saturated rings. The predicted molar refractivity (Wildman–Crippen MR) is 75.4 cm³/mol. The molecule has 0 radical (unpaired) electrons. The van der Waals surface area contributed by atoms with E-state index in [4.69, 9.17) is 0 Å². The molecule has 1 aromatic rings. The smallest absolute Gasteiger partial charge is 0.308 e. The minimum Gasteiger partial charge on any atom is -0.481 e. The molecule has 0 amide bonds. The van der Waals surface area contributed by atoms with Crippen molar-refractivity contribution in [2.24, 2.45) is 17.8 Å². The maximum Gasteiger partial charge on any atom is 0.308 e. The fraction of sp³-hybridized carbons (Fsp3) is 0.733. The lowest BCUT2D eigenvalue weighted by molar-refractivity contribution is -0.142. The van der Waals surface area contributed by atoms with Crippen molar-refractivity contribution in [1.29, 1.82) is 0 Å². The summed E-state index contributed by atoms with van der Waals surface area (Å²) in [5.41, 5.74) is 0. The Kier molecular flexibility index (Phi) is 3.78. The molecule has 2 atom stereocenters. The molecule has 5 nitrogen and oxygen atoms in total. The largest absolute Gasteiger partial charge is 0.481 e. The lowest BCUT2D eigenvalue weighted by Gasteiger charge is -2.16. The molecule has 1 aromatic heterocycles. The summed E-state index contributed by atoms with van der Waals surface area (Å²) in [5.74, 6) is 1.37. The SMILES string of the molecule is Cc1nccn1CCCN1C[C@@H](C(=O)O)[C@H](C2CC2)C1. The van der Waals surface area contributed by atoms with E-state index < -0.39 is 5.97 Å². The van der Waals surface area contributed by atoms with Gasteiger partial charge in [0.05, 0.1) is 5.92 Å². The van der Waals surface area contributed by atoms with Crippen molar-refractivity contribution >= 4 is 5.97 Å². The molecule has 1 N–H and O–H groups in total. The molecule has 1 aliphatic heterocycles. The van der Waals surface area contributed by atoms with Gasteiger partial charge in [0.15, 0.2) is 0 Å². The number of nitrogens with zero attached hydrogens (tertiary/aromatic N) is 3. The number of carboxylic acid groups (broad SMARTS) is 1. The highest BCUT2D eigenvalue weighted by Gasteiger charge is 2.45. The molecule has 1 saturated carbocycles. The van der Waals surface area contributed by atoms with E-state index in [0.717, 1.165) is 38.4 Å². The van der Waals surface area contributed by atoms with Crippen LogP contribution in [0.1, 0.15) is 25.1 Å². The minimum atomic E-state index is -0.602. The number of carbonyl (C=O) groups is 1. The van der Waals surface area contributed by atoms with Crippen LogP contribution in [0.3, 0.4) is 0 Å². The summed E-state index contributed by atoms with van der Waals surface area (Å²) in [6.07, 6.45) is 7.36. The van der Waals surface area contributed by atoms with E-state index in [1.54, 1.807) is 0 Å². The van der Waals surface area contributed by atoms with Crippen LogP contribution in [-0.4, -0.2) is 45.2 Å². The maximum atomic E-state index is 11.4. The zero-order valence-corrected chi connectivity index (χ0v) is 12.0. The van der Waals surface area contributed by atoms with Crippen molar-refractivity contribution in [3.8, 4) is 0 Å². The number of aliphatic carboxylic acids is 1. The molecule has 20 heavy (non-hydrogen) atoms. The summed E-state index contributed by atoms with van der Waals surface area (Å²) in [4.78, 5) is 17.9. The zero-order chi connectivity index (χ0) is 14.1. The van der Waals surface area contributed by atoms with Gasteiger partial charge in [0, 0.05) is 32.0 Å². The number of aromatic nitrogens is 2. The lowest BCUT2D eigenvalue weighted by Crippen LogP contribution is -2.25. The van der Waals surface area contributed by atoms with E-state index >= 15 is 0 Å². The van der Waals surface area contributed by atoms with Gasteiger partial charge >= 0.3 is 5.97 Å². The highest BCUT2D eigenvalue weighted by Crippen LogP contribution is 2.44. The molecule has 110 valence electrons. The van der Waals surface area contributed by atoms with Crippen LogP contribution in [0, 0.1) is 24.7 Å². The van der Waals surface area contributed by atoms with E-state index in [9.17, 15) is 9.90 Å². The molecule has 2 heterocycles. The van der Waals surface area contributed by atoms with Gasteiger partial charge in [-0.2, -0.15) is 0 Å². The van der Waals surface area contributed by atoms with Crippen LogP contribution in [0.15, 0.2) is 12.4 Å². The summed E-state index contributed by atoms with van der Waals surface area (Å²) in [6, 6.07) is 0. The topological polar surface area (TPSA) is 58.4 Å². The predicted octanol–water partition coefficient (Wildman–Crippen LogP) is 1.62. The highest BCUT2D eigenvalue weighted by atomic mass is 16.4. The molecular weight excluding hydrogens is 254 g/mol. The standard InChI is InChI=1S/C15H23N3O2/c1-11-16-5-8-18(11)7-2-6-17-9-13(12-3-4-12)14(10-17)15(19)20/h5,8,12-14H,2-4,6-7,9-10H2,1H3,(H,19,20)/t13-,14+/m0/s1. The number of hydrogen-bond acceptors (Lipinski definition) is 3. The molecule has 0 unspecified atom stereocenters. The Morgan fingerprint density at radius 2 is 2.20 bits per heavy atom. The first-order valence-corrected chi connectivity index (χ1v) is 7.58. The van der Waals surface area contributed by atoms with Crippen LogP contribution in [0.4, 0.5) is 0 Å². The average molecular weight is 277 g/mol. The Morgan fingerprint density at radius 3 is 2.80 bits per heavy atom. The molecular formula is C15H23N3O2. The van der Waals surface area contributed by atoms with E-state index in [1.807, 2.05) is 19.3 Å². The van der Waals surface area contributed by atoms with Crippen molar-refractivity contribution in [3.63, 3.8) is 0 Å².